The van der Waals surface area contributed by atoms with Crippen molar-refractivity contribution in [1.82, 2.24) is 19.2 Å². The summed E-state index contributed by atoms with van der Waals surface area (Å²) < 4.78 is 0. The molecule has 1 aliphatic rings. The van der Waals surface area contributed by atoms with Gasteiger partial charge in [0.25, 0.3) is 0 Å². The molecular weight excluding hydrogens is 209 g/mol. The van der Waals surface area contributed by atoms with Gasteiger partial charge in [0.05, 0.1) is 0 Å². The molecule has 0 saturated carbocycles. The molecule has 7 heteroatoms. The van der Waals surface area contributed by atoms with E-state index in [1.165, 1.54) is 10.7 Å². The molecule has 0 fully saturated rings. The molecule has 1 rings (SSSR count). The number of hydrogen-bond donors (Lipinski definition) is 0. The molecule has 0 atom stereocenters. The molecule has 0 aromatic heterocycles. The van der Waals surface area contributed by atoms with Crippen molar-refractivity contribution < 1.29 is 0 Å². The molecule has 1 radical (unpaired) electrons. The van der Waals surface area contributed by atoms with Crippen molar-refractivity contribution in [1.29, 1.82) is 0 Å². The minimum atomic E-state index is 0.382. The fourth-order valence-electron chi connectivity index (χ4n) is 2.62. The van der Waals surface area contributed by atoms with E-state index in [1.54, 1.807) is 0 Å². The molecule has 4 nitrogen and oxygen atoms in total. The molecule has 0 aliphatic carbocycles. The van der Waals surface area contributed by atoms with Crippen molar-refractivity contribution in [2.75, 3.05) is 56.4 Å². The Bertz CT molecular complexity index is 258. The highest BCUT2D eigenvalue weighted by Gasteiger charge is 2.43. The summed E-state index contributed by atoms with van der Waals surface area (Å²) in [5.41, 5.74) is 0. The van der Waals surface area contributed by atoms with Gasteiger partial charge in [-0.05, 0) is 56.4 Å². The van der Waals surface area contributed by atoms with Gasteiger partial charge >= 0.3 is 14.0 Å². The van der Waals surface area contributed by atoms with E-state index in [2.05, 4.69) is 82.9 Å². The quantitative estimate of drug-likeness (QED) is 0.557. The van der Waals surface area contributed by atoms with Crippen LogP contribution in [0.15, 0.2) is 10.7 Å². The van der Waals surface area contributed by atoms with Gasteiger partial charge in [0.1, 0.15) is 0 Å². The molecule has 17 heavy (non-hydrogen) atoms. The minimum absolute atomic E-state index is 0.382. The van der Waals surface area contributed by atoms with Crippen molar-refractivity contribution >= 4 is 21.2 Å². The highest BCUT2D eigenvalue weighted by atomic mass is 15.2. The van der Waals surface area contributed by atoms with Crippen molar-refractivity contribution in [3.05, 3.63) is 10.7 Å². The van der Waals surface area contributed by atoms with E-state index < -0.39 is 0 Å². The Morgan fingerprint density at radius 2 is 0.824 bits per heavy atom. The average molecular weight is 233 g/mol. The maximum atomic E-state index is 2.31. The average Bonchev–Trinajstić information content (AvgIpc) is 2.81. The summed E-state index contributed by atoms with van der Waals surface area (Å²) in [5, 5.41) is 2.90. The van der Waals surface area contributed by atoms with Gasteiger partial charge in [-0.15, -0.1) is 10.7 Å². The van der Waals surface area contributed by atoms with E-state index in [9.17, 15) is 0 Å². The topological polar surface area (TPSA) is 13.0 Å². The summed E-state index contributed by atoms with van der Waals surface area (Å²) in [4.78, 5) is 9.00. The summed E-state index contributed by atoms with van der Waals surface area (Å²) in [5.74, 6) is 0. The molecular formula is C10H24B3N4. The number of rotatable bonds is 6. The minimum Gasteiger partial charge on any atom is -0.331 e. The lowest BCUT2D eigenvalue weighted by Crippen LogP contribution is -2.47. The summed E-state index contributed by atoms with van der Waals surface area (Å²) in [7, 11) is 19.3. The molecule has 0 saturated heterocycles. The van der Waals surface area contributed by atoms with Gasteiger partial charge in [0.2, 0.25) is 0 Å². The van der Waals surface area contributed by atoms with E-state index in [-0.39, 0.29) is 0 Å². The van der Waals surface area contributed by atoms with Crippen LogP contribution in [0.4, 0.5) is 0 Å². The zero-order chi connectivity index (χ0) is 13.3. The maximum Gasteiger partial charge on any atom is 0.330 e. The van der Waals surface area contributed by atoms with E-state index in [0.717, 1.165) is 0 Å². The summed E-state index contributed by atoms with van der Waals surface area (Å²) in [6, 6.07) is 0. The van der Waals surface area contributed by atoms with E-state index >= 15 is 0 Å². The fraction of sp³-hybridized carbons (Fsp3) is 0.800. The molecule has 0 spiro atoms. The molecule has 0 unspecified atom stereocenters. The van der Waals surface area contributed by atoms with Crippen LogP contribution in [-0.4, -0.2) is 96.9 Å². The second-order valence-electron chi connectivity index (χ2n) is 5.66. The third-order valence-corrected chi connectivity index (χ3v) is 3.07. The monoisotopic (exact) mass is 233 g/mol. The SMILES string of the molecule is CN(C)B(C1=C(B(N(C)C)N(C)C)[B]1)N(C)C. The van der Waals surface area contributed by atoms with Crippen LogP contribution >= 0.6 is 0 Å². The molecule has 1 aliphatic heterocycles. The molecule has 0 N–H and O–H groups in total. The molecule has 93 valence electrons. The predicted molar refractivity (Wildman–Crippen MR) is 79.0 cm³/mol. The Labute approximate surface area is 108 Å². The van der Waals surface area contributed by atoms with Crippen molar-refractivity contribution in [2.45, 2.75) is 0 Å². The molecule has 0 aromatic carbocycles. The van der Waals surface area contributed by atoms with Gasteiger partial charge < -0.3 is 19.2 Å². The Morgan fingerprint density at radius 3 is 1.00 bits per heavy atom. The molecule has 1 heterocycles. The first-order valence-electron chi connectivity index (χ1n) is 6.02. The zero-order valence-electron chi connectivity index (χ0n) is 12.5. The third kappa shape index (κ3) is 3.38. The maximum absolute atomic E-state index is 2.31. The zero-order valence-corrected chi connectivity index (χ0v) is 12.5. The highest BCUT2D eigenvalue weighted by Crippen LogP contribution is 2.28. The second-order valence-corrected chi connectivity index (χ2v) is 5.66. The Hall–Kier alpha value is -0.225. The van der Waals surface area contributed by atoms with E-state index in [4.69, 9.17) is 0 Å². The lowest BCUT2D eigenvalue weighted by Gasteiger charge is -2.27. The first kappa shape index (κ1) is 14.8. The van der Waals surface area contributed by atoms with Crippen LogP contribution in [-0.2, 0) is 0 Å². The van der Waals surface area contributed by atoms with Crippen molar-refractivity contribution in [2.24, 2.45) is 0 Å². The first-order valence-corrected chi connectivity index (χ1v) is 6.02. The van der Waals surface area contributed by atoms with Crippen LogP contribution in [0.2, 0.25) is 0 Å². The number of hydrogen-bond acceptors (Lipinski definition) is 4. The van der Waals surface area contributed by atoms with Crippen LogP contribution in [0.3, 0.4) is 0 Å². The lowest BCUT2D eigenvalue weighted by molar-refractivity contribution is 0.525. The van der Waals surface area contributed by atoms with Crippen molar-refractivity contribution in [3.63, 3.8) is 0 Å². The lowest BCUT2D eigenvalue weighted by atomic mass is 9.59. The summed E-state index contributed by atoms with van der Waals surface area (Å²) in [6.45, 7) is 0.764. The number of nitrogens with zero attached hydrogens (tertiary/aromatic N) is 4. The predicted octanol–water partition coefficient (Wildman–Crippen LogP) is -0.783. The Balaban J connectivity index is 2.88. The molecule has 0 aromatic rings. The standard InChI is InChI=1S/C10H24B3N4/c1-14(2)12(15(3)4)9-10(11-9)13(16(5)6)17(7)8/h1-8H3. The van der Waals surface area contributed by atoms with Gasteiger partial charge in [0, 0.05) is 0 Å². The van der Waals surface area contributed by atoms with Crippen LogP contribution in [0.25, 0.3) is 0 Å². The van der Waals surface area contributed by atoms with Gasteiger partial charge in [-0.25, -0.2) is 0 Å². The highest BCUT2D eigenvalue weighted by molar-refractivity contribution is 7.02. The largest absolute Gasteiger partial charge is 0.331 e. The van der Waals surface area contributed by atoms with Crippen molar-refractivity contribution in [3.8, 4) is 0 Å². The van der Waals surface area contributed by atoms with Crippen LogP contribution in [0, 0.1) is 0 Å². The van der Waals surface area contributed by atoms with E-state index in [1.807, 2.05) is 0 Å². The third-order valence-electron chi connectivity index (χ3n) is 3.07. The van der Waals surface area contributed by atoms with E-state index in [0.29, 0.717) is 14.0 Å². The summed E-state index contributed by atoms with van der Waals surface area (Å²) in [6.07, 6.45) is 0. The second kappa shape index (κ2) is 5.61. The first-order chi connectivity index (χ1) is 7.77. The van der Waals surface area contributed by atoms with Crippen LogP contribution in [0.1, 0.15) is 0 Å². The van der Waals surface area contributed by atoms with Gasteiger partial charge in [0.15, 0.2) is 7.28 Å². The normalized spacial score (nSPS) is 15.1. The van der Waals surface area contributed by atoms with Crippen LogP contribution < -0.4 is 0 Å². The fourth-order valence-corrected chi connectivity index (χ4v) is 2.62. The van der Waals surface area contributed by atoms with Gasteiger partial charge in [-0.1, -0.05) is 0 Å². The molecule has 0 bridgehead atoms. The van der Waals surface area contributed by atoms with Crippen LogP contribution in [0.5, 0.6) is 0 Å². The smallest absolute Gasteiger partial charge is 0.330 e. The Morgan fingerprint density at radius 1 is 0.588 bits per heavy atom. The Kier molecular flexibility index (Phi) is 4.90. The van der Waals surface area contributed by atoms with Gasteiger partial charge in [-0.3, -0.25) is 0 Å². The molecule has 0 amide bonds. The van der Waals surface area contributed by atoms with Gasteiger partial charge in [-0.2, -0.15) is 0 Å². The summed E-state index contributed by atoms with van der Waals surface area (Å²) >= 11 is 0.